The summed E-state index contributed by atoms with van der Waals surface area (Å²) in [5, 5.41) is 4.50. The first-order chi connectivity index (χ1) is 8.79. The van der Waals surface area contributed by atoms with Crippen LogP contribution in [0.1, 0.15) is 37.7 Å². The molecule has 1 nitrogen and oxygen atoms in total. The summed E-state index contributed by atoms with van der Waals surface area (Å²) >= 11 is 8.12. The van der Waals surface area contributed by atoms with Crippen LogP contribution >= 0.6 is 23.4 Å². The van der Waals surface area contributed by atoms with Gasteiger partial charge in [-0.3, -0.25) is 0 Å². The van der Waals surface area contributed by atoms with E-state index in [0.717, 1.165) is 17.6 Å². The Morgan fingerprint density at radius 1 is 1.44 bits per heavy atom. The topological polar surface area (TPSA) is 12.0 Å². The number of rotatable bonds is 8. The lowest BCUT2D eigenvalue weighted by Gasteiger charge is -2.18. The number of halogens is 1. The first-order valence-electron chi connectivity index (χ1n) is 6.86. The minimum absolute atomic E-state index is 0.600. The maximum absolute atomic E-state index is 6.10. The molecular formula is C15H22ClNS. The highest BCUT2D eigenvalue weighted by molar-refractivity contribution is 7.99. The molecule has 18 heavy (non-hydrogen) atoms. The molecule has 1 aliphatic carbocycles. The van der Waals surface area contributed by atoms with Gasteiger partial charge in [-0.25, -0.2) is 0 Å². The maximum atomic E-state index is 6.10. The average Bonchev–Trinajstić information content (AvgIpc) is 3.17. The standard InChI is InChI=1S/C15H22ClNS/c1-2-18-9-8-13(11-17-15-6-7-15)12-4-3-5-14(16)10-12/h3-5,10,13,15,17H,2,6-9,11H2,1H3. The third-order valence-corrected chi connectivity index (χ3v) is 4.53. The normalized spacial score (nSPS) is 16.8. The molecule has 0 saturated heterocycles. The van der Waals surface area contributed by atoms with Gasteiger partial charge in [0, 0.05) is 17.6 Å². The van der Waals surface area contributed by atoms with E-state index in [1.54, 1.807) is 0 Å². The maximum Gasteiger partial charge on any atom is 0.0408 e. The Morgan fingerprint density at radius 3 is 2.94 bits per heavy atom. The largest absolute Gasteiger partial charge is 0.313 e. The van der Waals surface area contributed by atoms with Crippen molar-refractivity contribution in [2.45, 2.75) is 38.1 Å². The molecular weight excluding hydrogens is 262 g/mol. The molecule has 1 atom stereocenters. The molecule has 1 N–H and O–H groups in total. The van der Waals surface area contributed by atoms with Gasteiger partial charge in [0.2, 0.25) is 0 Å². The monoisotopic (exact) mass is 283 g/mol. The molecule has 0 spiro atoms. The summed E-state index contributed by atoms with van der Waals surface area (Å²) in [6.45, 7) is 3.32. The molecule has 1 unspecified atom stereocenters. The van der Waals surface area contributed by atoms with Crippen LogP contribution in [0.25, 0.3) is 0 Å². The van der Waals surface area contributed by atoms with E-state index in [1.165, 1.54) is 36.3 Å². The van der Waals surface area contributed by atoms with Crippen LogP contribution in [0, 0.1) is 0 Å². The van der Waals surface area contributed by atoms with E-state index in [1.807, 2.05) is 17.8 Å². The Morgan fingerprint density at radius 2 is 2.28 bits per heavy atom. The van der Waals surface area contributed by atoms with Crippen LogP contribution in [0.3, 0.4) is 0 Å². The summed E-state index contributed by atoms with van der Waals surface area (Å²) in [5.74, 6) is 3.04. The number of nitrogens with one attached hydrogen (secondary N) is 1. The zero-order valence-corrected chi connectivity index (χ0v) is 12.6. The Hall–Kier alpha value is -0.180. The number of benzene rings is 1. The number of thioether (sulfide) groups is 1. The smallest absolute Gasteiger partial charge is 0.0408 e. The third kappa shape index (κ3) is 4.83. The molecule has 3 heteroatoms. The van der Waals surface area contributed by atoms with Gasteiger partial charge in [-0.2, -0.15) is 11.8 Å². The second-order valence-electron chi connectivity index (χ2n) is 4.92. The lowest BCUT2D eigenvalue weighted by molar-refractivity contribution is 0.570. The predicted molar refractivity (Wildman–Crippen MR) is 82.8 cm³/mol. The van der Waals surface area contributed by atoms with Gasteiger partial charge in [-0.1, -0.05) is 30.7 Å². The SMILES string of the molecule is CCSCCC(CNC1CC1)c1cccc(Cl)c1. The van der Waals surface area contributed by atoms with Gasteiger partial charge >= 0.3 is 0 Å². The van der Waals surface area contributed by atoms with E-state index in [2.05, 4.69) is 30.4 Å². The van der Waals surface area contributed by atoms with Gasteiger partial charge in [0.15, 0.2) is 0 Å². The summed E-state index contributed by atoms with van der Waals surface area (Å²) in [6, 6.07) is 9.14. The molecule has 0 amide bonds. The molecule has 1 aromatic rings. The zero-order chi connectivity index (χ0) is 12.8. The fourth-order valence-electron chi connectivity index (χ4n) is 2.11. The van der Waals surface area contributed by atoms with Crippen molar-refractivity contribution < 1.29 is 0 Å². The lowest BCUT2D eigenvalue weighted by atomic mass is 9.96. The van der Waals surface area contributed by atoms with Crippen molar-refractivity contribution in [3.63, 3.8) is 0 Å². The highest BCUT2D eigenvalue weighted by atomic mass is 35.5. The molecule has 2 rings (SSSR count). The van der Waals surface area contributed by atoms with Crippen molar-refractivity contribution in [3.8, 4) is 0 Å². The van der Waals surface area contributed by atoms with Crippen molar-refractivity contribution in [1.82, 2.24) is 5.32 Å². The minimum atomic E-state index is 0.600. The summed E-state index contributed by atoms with van der Waals surface area (Å²) in [6.07, 6.45) is 3.94. The summed E-state index contributed by atoms with van der Waals surface area (Å²) in [5.41, 5.74) is 1.38. The molecule has 0 heterocycles. The van der Waals surface area contributed by atoms with Crippen LogP contribution in [-0.2, 0) is 0 Å². The van der Waals surface area contributed by atoms with Crippen molar-refractivity contribution in [1.29, 1.82) is 0 Å². The van der Waals surface area contributed by atoms with Crippen LogP contribution in [0.15, 0.2) is 24.3 Å². The van der Waals surface area contributed by atoms with E-state index < -0.39 is 0 Å². The van der Waals surface area contributed by atoms with Gasteiger partial charge < -0.3 is 5.32 Å². The van der Waals surface area contributed by atoms with Crippen LogP contribution in [0.4, 0.5) is 0 Å². The molecule has 1 aromatic carbocycles. The van der Waals surface area contributed by atoms with Gasteiger partial charge in [-0.05, 0) is 54.4 Å². The molecule has 0 aliphatic heterocycles. The van der Waals surface area contributed by atoms with Gasteiger partial charge in [-0.15, -0.1) is 0 Å². The fourth-order valence-corrected chi connectivity index (χ4v) is 3.05. The highest BCUT2D eigenvalue weighted by Crippen LogP contribution is 2.26. The van der Waals surface area contributed by atoms with Crippen molar-refractivity contribution >= 4 is 23.4 Å². The Kier molecular flexibility index (Phi) is 5.87. The summed E-state index contributed by atoms with van der Waals surface area (Å²) in [7, 11) is 0. The van der Waals surface area contributed by atoms with E-state index >= 15 is 0 Å². The Balaban J connectivity index is 1.92. The summed E-state index contributed by atoms with van der Waals surface area (Å²) < 4.78 is 0. The first kappa shape index (κ1) is 14.2. The van der Waals surface area contributed by atoms with Crippen molar-refractivity contribution in [2.24, 2.45) is 0 Å². The molecule has 0 radical (unpaired) electrons. The van der Waals surface area contributed by atoms with Gasteiger partial charge in [0.25, 0.3) is 0 Å². The fraction of sp³-hybridized carbons (Fsp3) is 0.600. The second kappa shape index (κ2) is 7.42. The van der Waals surface area contributed by atoms with Crippen LogP contribution in [0.2, 0.25) is 5.02 Å². The van der Waals surface area contributed by atoms with Gasteiger partial charge in [0.05, 0.1) is 0 Å². The van der Waals surface area contributed by atoms with E-state index in [0.29, 0.717) is 5.92 Å². The molecule has 100 valence electrons. The van der Waals surface area contributed by atoms with E-state index in [-0.39, 0.29) is 0 Å². The molecule has 1 aliphatic rings. The van der Waals surface area contributed by atoms with Crippen LogP contribution in [0.5, 0.6) is 0 Å². The second-order valence-corrected chi connectivity index (χ2v) is 6.75. The van der Waals surface area contributed by atoms with E-state index in [4.69, 9.17) is 11.6 Å². The summed E-state index contributed by atoms with van der Waals surface area (Å²) in [4.78, 5) is 0. The Bertz CT molecular complexity index is 365. The molecule has 0 aromatic heterocycles. The molecule has 1 fully saturated rings. The van der Waals surface area contributed by atoms with Crippen molar-refractivity contribution in [3.05, 3.63) is 34.9 Å². The quantitative estimate of drug-likeness (QED) is 0.713. The predicted octanol–water partition coefficient (Wildman–Crippen LogP) is 4.32. The number of hydrogen-bond acceptors (Lipinski definition) is 2. The number of hydrogen-bond donors (Lipinski definition) is 1. The highest BCUT2D eigenvalue weighted by Gasteiger charge is 2.22. The van der Waals surface area contributed by atoms with Crippen molar-refractivity contribution in [2.75, 3.05) is 18.1 Å². The first-order valence-corrected chi connectivity index (χ1v) is 8.39. The van der Waals surface area contributed by atoms with Crippen LogP contribution in [-0.4, -0.2) is 24.1 Å². The van der Waals surface area contributed by atoms with Crippen LogP contribution < -0.4 is 5.32 Å². The average molecular weight is 284 g/mol. The lowest BCUT2D eigenvalue weighted by Crippen LogP contribution is -2.24. The molecule has 0 bridgehead atoms. The minimum Gasteiger partial charge on any atom is -0.313 e. The molecule has 1 saturated carbocycles. The zero-order valence-electron chi connectivity index (χ0n) is 11.0. The Labute approximate surface area is 120 Å². The van der Waals surface area contributed by atoms with Gasteiger partial charge in [0.1, 0.15) is 0 Å². The van der Waals surface area contributed by atoms with E-state index in [9.17, 15) is 0 Å². The third-order valence-electron chi connectivity index (χ3n) is 3.37.